The standard InChI is InChI=1S/C30H40ClN3O4/c1-21(2)37-26-10-6-9-25-28(26)32-27(20-36-24-13-11-23(31)12-14-24)34(25)17-7-8-22-15-18-33(19-16-22)29(35)38-30(3,4)5/h6,9-14,21-22H,7-8,15-20H2,1-5H3. The summed E-state index contributed by atoms with van der Waals surface area (Å²) in [6.07, 6.45) is 3.98. The van der Waals surface area contributed by atoms with Gasteiger partial charge in [0.25, 0.3) is 0 Å². The minimum atomic E-state index is -0.462. The van der Waals surface area contributed by atoms with Gasteiger partial charge in [0, 0.05) is 24.7 Å². The van der Waals surface area contributed by atoms with Crippen molar-refractivity contribution in [3.63, 3.8) is 0 Å². The van der Waals surface area contributed by atoms with Gasteiger partial charge in [-0.2, -0.15) is 0 Å². The van der Waals surface area contributed by atoms with Crippen molar-refractivity contribution in [1.82, 2.24) is 14.5 Å². The van der Waals surface area contributed by atoms with E-state index in [1.54, 1.807) is 0 Å². The van der Waals surface area contributed by atoms with E-state index in [1.165, 1.54) is 0 Å². The van der Waals surface area contributed by atoms with Crippen LogP contribution >= 0.6 is 11.6 Å². The van der Waals surface area contributed by atoms with Gasteiger partial charge in [-0.3, -0.25) is 0 Å². The number of aryl methyl sites for hydroxylation is 1. The molecule has 0 N–H and O–H groups in total. The van der Waals surface area contributed by atoms with Crippen molar-refractivity contribution in [3.05, 3.63) is 53.3 Å². The minimum absolute atomic E-state index is 0.0612. The zero-order chi connectivity index (χ0) is 27.3. The second-order valence-corrected chi connectivity index (χ2v) is 11.7. The summed E-state index contributed by atoms with van der Waals surface area (Å²) in [7, 11) is 0. The minimum Gasteiger partial charge on any atom is -0.489 e. The lowest BCUT2D eigenvalue weighted by molar-refractivity contribution is 0.0180. The summed E-state index contributed by atoms with van der Waals surface area (Å²) in [5.41, 5.74) is 1.45. The Hall–Kier alpha value is -2.93. The number of hydrogen-bond acceptors (Lipinski definition) is 5. The molecule has 1 amide bonds. The summed E-state index contributed by atoms with van der Waals surface area (Å²) < 4.78 is 19.9. The molecule has 8 heteroatoms. The van der Waals surface area contributed by atoms with Crippen molar-refractivity contribution in [1.29, 1.82) is 0 Å². The van der Waals surface area contributed by atoms with Gasteiger partial charge in [-0.1, -0.05) is 17.7 Å². The van der Waals surface area contributed by atoms with Gasteiger partial charge in [0.15, 0.2) is 0 Å². The van der Waals surface area contributed by atoms with Crippen LogP contribution in [0.15, 0.2) is 42.5 Å². The molecule has 0 radical (unpaired) electrons. The van der Waals surface area contributed by atoms with E-state index in [-0.39, 0.29) is 12.2 Å². The van der Waals surface area contributed by atoms with Crippen molar-refractivity contribution in [2.24, 2.45) is 5.92 Å². The van der Waals surface area contributed by atoms with Crippen molar-refractivity contribution in [3.8, 4) is 11.5 Å². The predicted octanol–water partition coefficient (Wildman–Crippen LogP) is 7.48. The number of rotatable bonds is 9. The molecular formula is C30H40ClN3O4. The number of imidazole rings is 1. The first-order chi connectivity index (χ1) is 18.1. The van der Waals surface area contributed by atoms with Crippen LogP contribution in [-0.2, 0) is 17.9 Å². The molecule has 206 valence electrons. The maximum Gasteiger partial charge on any atom is 0.410 e. The Morgan fingerprint density at radius 3 is 2.47 bits per heavy atom. The van der Waals surface area contributed by atoms with E-state index in [4.69, 9.17) is 30.8 Å². The number of para-hydroxylation sites is 1. The lowest BCUT2D eigenvalue weighted by Gasteiger charge is -2.33. The highest BCUT2D eigenvalue weighted by Crippen LogP contribution is 2.29. The molecule has 7 nitrogen and oxygen atoms in total. The second kappa shape index (κ2) is 12.3. The first kappa shape index (κ1) is 28.1. The Labute approximate surface area is 231 Å². The van der Waals surface area contributed by atoms with Crippen molar-refractivity contribution in [2.45, 2.75) is 85.2 Å². The van der Waals surface area contributed by atoms with E-state index < -0.39 is 5.60 Å². The average molecular weight is 542 g/mol. The highest BCUT2D eigenvalue weighted by molar-refractivity contribution is 6.30. The molecule has 0 saturated carbocycles. The van der Waals surface area contributed by atoms with Gasteiger partial charge in [0.1, 0.15) is 35.0 Å². The molecule has 1 aliphatic rings. The fraction of sp³-hybridized carbons (Fsp3) is 0.533. The number of carbonyl (C=O) groups excluding carboxylic acids is 1. The monoisotopic (exact) mass is 541 g/mol. The normalized spacial score (nSPS) is 14.8. The number of halogens is 1. The van der Waals surface area contributed by atoms with Crippen LogP contribution in [0, 0.1) is 5.92 Å². The van der Waals surface area contributed by atoms with Crippen LogP contribution in [0.5, 0.6) is 11.5 Å². The number of piperidine rings is 1. The number of carbonyl (C=O) groups is 1. The maximum atomic E-state index is 12.4. The Morgan fingerprint density at radius 2 is 1.82 bits per heavy atom. The smallest absolute Gasteiger partial charge is 0.410 e. The molecule has 1 saturated heterocycles. The van der Waals surface area contributed by atoms with Crippen molar-refractivity contribution < 1.29 is 19.0 Å². The molecule has 1 fully saturated rings. The first-order valence-corrected chi connectivity index (χ1v) is 14.0. The lowest BCUT2D eigenvalue weighted by atomic mass is 9.92. The highest BCUT2D eigenvalue weighted by atomic mass is 35.5. The van der Waals surface area contributed by atoms with E-state index in [0.717, 1.165) is 73.7 Å². The summed E-state index contributed by atoms with van der Waals surface area (Å²) in [6, 6.07) is 13.5. The maximum absolute atomic E-state index is 12.4. The van der Waals surface area contributed by atoms with E-state index in [0.29, 0.717) is 17.5 Å². The van der Waals surface area contributed by atoms with Gasteiger partial charge in [-0.25, -0.2) is 9.78 Å². The van der Waals surface area contributed by atoms with Gasteiger partial charge in [0.05, 0.1) is 11.6 Å². The van der Waals surface area contributed by atoms with Crippen LogP contribution in [0.25, 0.3) is 11.0 Å². The SMILES string of the molecule is CC(C)Oc1cccc2c1nc(COc1ccc(Cl)cc1)n2CCCC1CCN(C(=O)OC(C)(C)C)CC1. The third kappa shape index (κ3) is 7.56. The van der Waals surface area contributed by atoms with Crippen LogP contribution in [0.3, 0.4) is 0 Å². The highest BCUT2D eigenvalue weighted by Gasteiger charge is 2.27. The van der Waals surface area contributed by atoms with Gasteiger partial charge in [-0.15, -0.1) is 0 Å². The zero-order valence-corrected chi connectivity index (χ0v) is 24.0. The number of aromatic nitrogens is 2. The number of benzene rings is 2. The van der Waals surface area contributed by atoms with Crippen LogP contribution in [0.1, 0.15) is 66.1 Å². The van der Waals surface area contributed by atoms with Gasteiger partial charge < -0.3 is 23.7 Å². The average Bonchev–Trinajstić information content (AvgIpc) is 3.21. The van der Waals surface area contributed by atoms with Crippen LogP contribution in [-0.4, -0.2) is 45.3 Å². The zero-order valence-electron chi connectivity index (χ0n) is 23.2. The van der Waals surface area contributed by atoms with E-state index in [1.807, 2.05) is 75.9 Å². The summed E-state index contributed by atoms with van der Waals surface area (Å²) in [6.45, 7) is 12.5. The van der Waals surface area contributed by atoms with Crippen LogP contribution < -0.4 is 9.47 Å². The number of nitrogens with zero attached hydrogens (tertiary/aromatic N) is 3. The number of likely N-dealkylation sites (tertiary alicyclic amines) is 1. The molecule has 1 aromatic heterocycles. The number of fused-ring (bicyclic) bond motifs is 1. The molecule has 1 aliphatic heterocycles. The molecule has 0 spiro atoms. The van der Waals surface area contributed by atoms with Gasteiger partial charge in [-0.05, 0) is 103 Å². The molecule has 38 heavy (non-hydrogen) atoms. The van der Waals surface area contributed by atoms with Crippen LogP contribution in [0.4, 0.5) is 4.79 Å². The fourth-order valence-corrected chi connectivity index (χ4v) is 4.95. The molecule has 2 heterocycles. The van der Waals surface area contributed by atoms with E-state index in [9.17, 15) is 4.79 Å². The predicted molar refractivity (Wildman–Crippen MR) is 151 cm³/mol. The molecule has 0 bridgehead atoms. The third-order valence-electron chi connectivity index (χ3n) is 6.63. The quantitative estimate of drug-likeness (QED) is 0.281. The summed E-state index contributed by atoms with van der Waals surface area (Å²) in [4.78, 5) is 19.2. The first-order valence-electron chi connectivity index (χ1n) is 13.6. The molecule has 0 aliphatic carbocycles. The Balaban J connectivity index is 1.41. The number of amides is 1. The van der Waals surface area contributed by atoms with Gasteiger partial charge in [0.2, 0.25) is 0 Å². The second-order valence-electron chi connectivity index (χ2n) is 11.3. The Bertz CT molecular complexity index is 1210. The van der Waals surface area contributed by atoms with E-state index in [2.05, 4.69) is 10.6 Å². The van der Waals surface area contributed by atoms with Crippen LogP contribution in [0.2, 0.25) is 5.02 Å². The van der Waals surface area contributed by atoms with Gasteiger partial charge >= 0.3 is 6.09 Å². The molecule has 2 aromatic carbocycles. The van der Waals surface area contributed by atoms with E-state index >= 15 is 0 Å². The molecular weight excluding hydrogens is 502 g/mol. The topological polar surface area (TPSA) is 65.8 Å². The lowest BCUT2D eigenvalue weighted by Crippen LogP contribution is -2.41. The van der Waals surface area contributed by atoms with Crippen molar-refractivity contribution in [2.75, 3.05) is 13.1 Å². The largest absolute Gasteiger partial charge is 0.489 e. The third-order valence-corrected chi connectivity index (χ3v) is 6.88. The molecule has 0 unspecified atom stereocenters. The van der Waals surface area contributed by atoms with Crippen molar-refractivity contribution >= 4 is 28.7 Å². The molecule has 3 aromatic rings. The summed E-state index contributed by atoms with van der Waals surface area (Å²) in [5.74, 6) is 3.01. The molecule has 4 rings (SSSR count). The summed E-state index contributed by atoms with van der Waals surface area (Å²) in [5, 5.41) is 0.678. The number of ether oxygens (including phenoxy) is 3. The Morgan fingerprint density at radius 1 is 1.11 bits per heavy atom. The summed E-state index contributed by atoms with van der Waals surface area (Å²) >= 11 is 6.02. The Kier molecular flexibility index (Phi) is 9.08. The molecule has 0 atom stereocenters. The number of hydrogen-bond donors (Lipinski definition) is 0. The fourth-order valence-electron chi connectivity index (χ4n) is 4.83.